The molecule has 1 rings (SSSR count). The zero-order valence-corrected chi connectivity index (χ0v) is 10.3. The SMILES string of the molecule is COC(C)CC(N)c1cccc(Cl)c1Cl. The summed E-state index contributed by atoms with van der Waals surface area (Å²) >= 11 is 12.0. The van der Waals surface area contributed by atoms with Gasteiger partial charge in [-0.15, -0.1) is 0 Å². The van der Waals surface area contributed by atoms with Crippen LogP contribution in [0, 0.1) is 0 Å². The summed E-state index contributed by atoms with van der Waals surface area (Å²) in [7, 11) is 1.66. The number of methoxy groups -OCH3 is 1. The highest BCUT2D eigenvalue weighted by Gasteiger charge is 2.14. The Balaban J connectivity index is 2.82. The van der Waals surface area contributed by atoms with Crippen LogP contribution >= 0.6 is 23.2 Å². The molecular formula is C11H15Cl2NO. The standard InChI is InChI=1S/C11H15Cl2NO/c1-7(15-2)6-10(14)8-4-3-5-9(12)11(8)13/h3-5,7,10H,6,14H2,1-2H3. The molecule has 2 nitrogen and oxygen atoms in total. The minimum Gasteiger partial charge on any atom is -0.382 e. The summed E-state index contributed by atoms with van der Waals surface area (Å²) in [5, 5.41) is 1.07. The molecule has 0 aliphatic heterocycles. The van der Waals surface area contributed by atoms with Gasteiger partial charge in [0.25, 0.3) is 0 Å². The van der Waals surface area contributed by atoms with E-state index < -0.39 is 0 Å². The van der Waals surface area contributed by atoms with Gasteiger partial charge in [0.05, 0.1) is 16.1 Å². The first-order chi connectivity index (χ1) is 7.06. The van der Waals surface area contributed by atoms with Gasteiger partial charge in [-0.2, -0.15) is 0 Å². The molecule has 0 fully saturated rings. The lowest BCUT2D eigenvalue weighted by atomic mass is 10.0. The molecule has 0 aliphatic rings. The molecule has 0 heterocycles. The number of benzene rings is 1. The third-order valence-electron chi connectivity index (χ3n) is 2.37. The Morgan fingerprint density at radius 3 is 2.67 bits per heavy atom. The first kappa shape index (κ1) is 12.8. The van der Waals surface area contributed by atoms with Crippen LogP contribution in [-0.4, -0.2) is 13.2 Å². The van der Waals surface area contributed by atoms with E-state index in [0.29, 0.717) is 10.0 Å². The lowest BCUT2D eigenvalue weighted by Crippen LogP contribution is -2.18. The molecule has 0 saturated carbocycles. The second-order valence-corrected chi connectivity index (χ2v) is 4.32. The summed E-state index contributed by atoms with van der Waals surface area (Å²) < 4.78 is 5.16. The van der Waals surface area contributed by atoms with E-state index in [1.165, 1.54) is 0 Å². The summed E-state index contributed by atoms with van der Waals surface area (Å²) in [5.74, 6) is 0. The number of nitrogens with two attached hydrogens (primary N) is 1. The van der Waals surface area contributed by atoms with E-state index in [4.69, 9.17) is 33.7 Å². The van der Waals surface area contributed by atoms with Crippen molar-refractivity contribution >= 4 is 23.2 Å². The molecule has 84 valence electrons. The molecule has 1 aromatic rings. The van der Waals surface area contributed by atoms with E-state index in [0.717, 1.165) is 12.0 Å². The summed E-state index contributed by atoms with van der Waals surface area (Å²) in [5.41, 5.74) is 6.89. The van der Waals surface area contributed by atoms with Crippen molar-refractivity contribution in [3.8, 4) is 0 Å². The number of hydrogen-bond donors (Lipinski definition) is 1. The molecule has 0 spiro atoms. The quantitative estimate of drug-likeness (QED) is 0.886. The monoisotopic (exact) mass is 247 g/mol. The van der Waals surface area contributed by atoms with Gasteiger partial charge in [0.15, 0.2) is 0 Å². The molecule has 0 saturated heterocycles. The van der Waals surface area contributed by atoms with Gasteiger partial charge in [-0.25, -0.2) is 0 Å². The van der Waals surface area contributed by atoms with Gasteiger partial charge >= 0.3 is 0 Å². The van der Waals surface area contributed by atoms with E-state index in [1.54, 1.807) is 13.2 Å². The third kappa shape index (κ3) is 3.35. The second-order valence-electron chi connectivity index (χ2n) is 3.53. The zero-order valence-electron chi connectivity index (χ0n) is 8.84. The molecule has 0 radical (unpaired) electrons. The lowest BCUT2D eigenvalue weighted by Gasteiger charge is -2.17. The van der Waals surface area contributed by atoms with E-state index >= 15 is 0 Å². The Labute approximate surface area is 100 Å². The molecule has 0 amide bonds. The van der Waals surface area contributed by atoms with Crippen LogP contribution in [0.2, 0.25) is 10.0 Å². The zero-order chi connectivity index (χ0) is 11.4. The average molecular weight is 248 g/mol. The molecule has 1 aromatic carbocycles. The van der Waals surface area contributed by atoms with Crippen LogP contribution in [0.3, 0.4) is 0 Å². The van der Waals surface area contributed by atoms with Crippen molar-refractivity contribution in [1.82, 2.24) is 0 Å². The minimum atomic E-state index is -0.147. The summed E-state index contributed by atoms with van der Waals surface area (Å²) in [4.78, 5) is 0. The van der Waals surface area contributed by atoms with Crippen LogP contribution in [0.25, 0.3) is 0 Å². The van der Waals surface area contributed by atoms with E-state index in [-0.39, 0.29) is 12.1 Å². The molecule has 2 unspecified atom stereocenters. The van der Waals surface area contributed by atoms with Gasteiger partial charge in [0, 0.05) is 13.2 Å². The van der Waals surface area contributed by atoms with Crippen molar-refractivity contribution < 1.29 is 4.74 Å². The Morgan fingerprint density at radius 1 is 1.40 bits per heavy atom. The predicted octanol–water partition coefficient (Wildman–Crippen LogP) is 3.42. The van der Waals surface area contributed by atoms with E-state index in [9.17, 15) is 0 Å². The maximum absolute atomic E-state index is 6.06. The molecular weight excluding hydrogens is 233 g/mol. The van der Waals surface area contributed by atoms with Crippen LogP contribution < -0.4 is 5.73 Å². The number of rotatable bonds is 4. The van der Waals surface area contributed by atoms with Crippen molar-refractivity contribution in [2.75, 3.05) is 7.11 Å². The van der Waals surface area contributed by atoms with Crippen molar-refractivity contribution in [3.63, 3.8) is 0 Å². The number of ether oxygens (including phenoxy) is 1. The second kappa shape index (κ2) is 5.71. The van der Waals surface area contributed by atoms with Crippen LogP contribution in [0.1, 0.15) is 24.9 Å². The highest BCUT2D eigenvalue weighted by atomic mass is 35.5. The largest absolute Gasteiger partial charge is 0.382 e. The highest BCUT2D eigenvalue weighted by molar-refractivity contribution is 6.42. The predicted molar refractivity (Wildman–Crippen MR) is 64.5 cm³/mol. The van der Waals surface area contributed by atoms with Gasteiger partial charge in [-0.3, -0.25) is 0 Å². The maximum atomic E-state index is 6.06. The molecule has 4 heteroatoms. The van der Waals surface area contributed by atoms with Crippen molar-refractivity contribution in [2.45, 2.75) is 25.5 Å². The van der Waals surface area contributed by atoms with Crippen LogP contribution in [0.5, 0.6) is 0 Å². The molecule has 15 heavy (non-hydrogen) atoms. The molecule has 0 aliphatic carbocycles. The fourth-order valence-corrected chi connectivity index (χ4v) is 1.84. The van der Waals surface area contributed by atoms with Gasteiger partial charge in [0.1, 0.15) is 0 Å². The van der Waals surface area contributed by atoms with Gasteiger partial charge in [0.2, 0.25) is 0 Å². The van der Waals surface area contributed by atoms with Gasteiger partial charge in [-0.05, 0) is 25.0 Å². The fourth-order valence-electron chi connectivity index (χ4n) is 1.39. The lowest BCUT2D eigenvalue weighted by molar-refractivity contribution is 0.105. The summed E-state index contributed by atoms with van der Waals surface area (Å²) in [6.45, 7) is 1.97. The summed E-state index contributed by atoms with van der Waals surface area (Å²) in [6, 6.07) is 5.34. The smallest absolute Gasteiger partial charge is 0.0640 e. The van der Waals surface area contributed by atoms with Crippen LogP contribution in [-0.2, 0) is 4.74 Å². The first-order valence-corrected chi connectivity index (χ1v) is 5.54. The third-order valence-corrected chi connectivity index (χ3v) is 3.20. The maximum Gasteiger partial charge on any atom is 0.0640 e. The Hall–Kier alpha value is -0.280. The topological polar surface area (TPSA) is 35.2 Å². The van der Waals surface area contributed by atoms with Crippen molar-refractivity contribution in [3.05, 3.63) is 33.8 Å². The van der Waals surface area contributed by atoms with Gasteiger partial charge < -0.3 is 10.5 Å². The van der Waals surface area contributed by atoms with E-state index in [1.807, 2.05) is 19.1 Å². The Bertz CT molecular complexity index is 330. The van der Waals surface area contributed by atoms with Crippen LogP contribution in [0.4, 0.5) is 0 Å². The molecule has 0 aromatic heterocycles. The average Bonchev–Trinajstić information content (AvgIpc) is 2.21. The molecule has 2 N–H and O–H groups in total. The van der Waals surface area contributed by atoms with Crippen molar-refractivity contribution in [1.29, 1.82) is 0 Å². The van der Waals surface area contributed by atoms with Crippen molar-refractivity contribution in [2.24, 2.45) is 5.73 Å². The van der Waals surface area contributed by atoms with E-state index in [2.05, 4.69) is 0 Å². The Morgan fingerprint density at radius 2 is 2.07 bits per heavy atom. The number of hydrogen-bond acceptors (Lipinski definition) is 2. The number of halogens is 2. The molecule has 2 atom stereocenters. The normalized spacial score (nSPS) is 15.0. The summed E-state index contributed by atoms with van der Waals surface area (Å²) in [6.07, 6.45) is 0.825. The first-order valence-electron chi connectivity index (χ1n) is 4.78. The van der Waals surface area contributed by atoms with Gasteiger partial charge in [-0.1, -0.05) is 35.3 Å². The molecule has 0 bridgehead atoms. The Kier molecular flexibility index (Phi) is 4.87. The fraction of sp³-hybridized carbons (Fsp3) is 0.455. The highest BCUT2D eigenvalue weighted by Crippen LogP contribution is 2.30. The minimum absolute atomic E-state index is 0.107. The van der Waals surface area contributed by atoms with Crippen LogP contribution in [0.15, 0.2) is 18.2 Å².